The van der Waals surface area contributed by atoms with Crippen molar-refractivity contribution in [2.75, 3.05) is 33.4 Å². The molecule has 0 unspecified atom stereocenters. The van der Waals surface area contributed by atoms with E-state index in [1.165, 1.54) is 19.4 Å². The average Bonchev–Trinajstić information content (AvgIpc) is 3.20. The van der Waals surface area contributed by atoms with Gasteiger partial charge in [-0.3, -0.25) is 9.59 Å². The lowest BCUT2D eigenvalue weighted by Crippen LogP contribution is -2.49. The van der Waals surface area contributed by atoms with Crippen molar-refractivity contribution < 1.29 is 28.3 Å². The summed E-state index contributed by atoms with van der Waals surface area (Å²) in [7, 11) is 1.32. The van der Waals surface area contributed by atoms with Gasteiger partial charge in [-0.1, -0.05) is 0 Å². The number of methoxy groups -OCH3 is 1. The Balaban J connectivity index is 2.00. The topological polar surface area (TPSA) is 89.3 Å². The predicted molar refractivity (Wildman–Crippen MR) is 97.7 cm³/mol. The van der Waals surface area contributed by atoms with E-state index in [1.807, 2.05) is 0 Å². The van der Waals surface area contributed by atoms with E-state index >= 15 is 0 Å². The Morgan fingerprint density at radius 1 is 1.33 bits per heavy atom. The van der Waals surface area contributed by atoms with E-state index in [9.17, 15) is 14.4 Å². The van der Waals surface area contributed by atoms with E-state index in [-0.39, 0.29) is 37.0 Å². The summed E-state index contributed by atoms with van der Waals surface area (Å²) in [5.41, 5.74) is 0. The van der Waals surface area contributed by atoms with Crippen LogP contribution in [0, 0.1) is 0 Å². The summed E-state index contributed by atoms with van der Waals surface area (Å²) >= 11 is 0. The molecule has 148 valence electrons. The van der Waals surface area contributed by atoms with Crippen molar-refractivity contribution in [1.82, 2.24) is 9.80 Å². The number of esters is 1. The summed E-state index contributed by atoms with van der Waals surface area (Å²) in [6.45, 7) is 3.38. The van der Waals surface area contributed by atoms with E-state index < -0.39 is 0 Å². The van der Waals surface area contributed by atoms with Gasteiger partial charge in [0, 0.05) is 31.8 Å². The number of piperidine rings is 1. The van der Waals surface area contributed by atoms with Crippen molar-refractivity contribution in [3.05, 3.63) is 30.2 Å². The molecule has 2 amide bonds. The van der Waals surface area contributed by atoms with Crippen LogP contribution in [-0.4, -0.2) is 67.2 Å². The lowest BCUT2D eigenvalue weighted by molar-refractivity contribution is -0.141. The molecule has 0 atom stereocenters. The number of carbonyl (C=O) groups is 3. The van der Waals surface area contributed by atoms with Crippen LogP contribution in [0.15, 0.2) is 28.9 Å². The number of nitrogens with zero attached hydrogens (tertiary/aromatic N) is 2. The van der Waals surface area contributed by atoms with Crippen LogP contribution in [0.1, 0.15) is 31.9 Å². The minimum atomic E-state index is -0.369. The minimum Gasteiger partial charge on any atom is -0.469 e. The molecule has 27 heavy (non-hydrogen) atoms. The Morgan fingerprint density at radius 2 is 2.07 bits per heavy atom. The van der Waals surface area contributed by atoms with Crippen molar-refractivity contribution in [1.29, 1.82) is 0 Å². The van der Waals surface area contributed by atoms with Crippen LogP contribution in [0.2, 0.25) is 0 Å². The Hall–Kier alpha value is -2.77. The van der Waals surface area contributed by atoms with Crippen LogP contribution < -0.4 is 0 Å². The summed E-state index contributed by atoms with van der Waals surface area (Å²) in [5.74, 6) is 0.00468. The fourth-order valence-electron chi connectivity index (χ4n) is 3.00. The normalized spacial score (nSPS) is 15.0. The summed E-state index contributed by atoms with van der Waals surface area (Å²) < 4.78 is 14.9. The third-order valence-electron chi connectivity index (χ3n) is 4.43. The van der Waals surface area contributed by atoms with Gasteiger partial charge in [0.05, 0.1) is 26.4 Å². The molecule has 0 spiro atoms. The predicted octanol–water partition coefficient (Wildman–Crippen LogP) is 2.31. The number of rotatable bonds is 7. The van der Waals surface area contributed by atoms with Crippen LogP contribution in [-0.2, 0) is 19.1 Å². The fourth-order valence-corrected chi connectivity index (χ4v) is 3.00. The van der Waals surface area contributed by atoms with Gasteiger partial charge in [0.1, 0.15) is 5.76 Å². The first-order valence-corrected chi connectivity index (χ1v) is 9.05. The highest BCUT2D eigenvalue weighted by Gasteiger charge is 2.29. The number of carbonyl (C=O) groups excluding carboxylic acids is 3. The maximum atomic E-state index is 12.7. The zero-order chi connectivity index (χ0) is 19.6. The first-order valence-electron chi connectivity index (χ1n) is 9.05. The molecular formula is C19H26N2O6. The zero-order valence-electron chi connectivity index (χ0n) is 15.8. The first kappa shape index (κ1) is 20.5. The summed E-state index contributed by atoms with van der Waals surface area (Å²) in [4.78, 5) is 39.4. The Morgan fingerprint density at radius 3 is 2.67 bits per heavy atom. The molecule has 8 heteroatoms. The molecule has 0 N–H and O–H groups in total. The summed E-state index contributed by atoms with van der Waals surface area (Å²) in [6.07, 6.45) is 5.61. The summed E-state index contributed by atoms with van der Waals surface area (Å²) in [5, 5.41) is 0. The highest BCUT2D eigenvalue weighted by atomic mass is 16.6. The Kier molecular flexibility index (Phi) is 7.91. The van der Waals surface area contributed by atoms with Crippen LogP contribution in [0.3, 0.4) is 0 Å². The average molecular weight is 378 g/mol. The van der Waals surface area contributed by atoms with Gasteiger partial charge < -0.3 is 23.7 Å². The molecule has 1 aliphatic rings. The van der Waals surface area contributed by atoms with E-state index in [2.05, 4.69) is 4.74 Å². The van der Waals surface area contributed by atoms with E-state index in [4.69, 9.17) is 9.15 Å². The largest absolute Gasteiger partial charge is 0.469 e. The molecule has 1 saturated heterocycles. The maximum absolute atomic E-state index is 12.7. The molecule has 1 fully saturated rings. The lowest BCUT2D eigenvalue weighted by atomic mass is 10.0. The van der Waals surface area contributed by atoms with Crippen LogP contribution in [0.5, 0.6) is 0 Å². The van der Waals surface area contributed by atoms with Crippen LogP contribution in [0.4, 0.5) is 4.79 Å². The third-order valence-corrected chi connectivity index (χ3v) is 4.43. The van der Waals surface area contributed by atoms with E-state index in [0.29, 0.717) is 38.3 Å². The van der Waals surface area contributed by atoms with Gasteiger partial charge in [-0.05, 0) is 38.0 Å². The van der Waals surface area contributed by atoms with E-state index in [0.717, 1.165) is 0 Å². The van der Waals surface area contributed by atoms with Gasteiger partial charge in [-0.15, -0.1) is 0 Å². The van der Waals surface area contributed by atoms with Gasteiger partial charge in [0.2, 0.25) is 5.91 Å². The molecule has 0 aromatic carbocycles. The van der Waals surface area contributed by atoms with Crippen molar-refractivity contribution in [3.63, 3.8) is 0 Å². The van der Waals surface area contributed by atoms with Crippen molar-refractivity contribution in [2.45, 2.75) is 32.2 Å². The Bertz CT molecular complexity index is 647. The monoisotopic (exact) mass is 378 g/mol. The smallest absolute Gasteiger partial charge is 0.409 e. The SMILES string of the molecule is CCOC(=O)N1CCC(N(CCC(=O)OC)C(=O)/C=C/c2ccco2)CC1. The van der Waals surface area contributed by atoms with E-state index in [1.54, 1.807) is 34.9 Å². The molecule has 1 aromatic rings. The second-order valence-corrected chi connectivity index (χ2v) is 6.12. The number of hydrogen-bond donors (Lipinski definition) is 0. The first-order chi connectivity index (χ1) is 13.0. The quantitative estimate of drug-likeness (QED) is 0.534. The highest BCUT2D eigenvalue weighted by molar-refractivity contribution is 5.92. The van der Waals surface area contributed by atoms with Crippen LogP contribution in [0.25, 0.3) is 6.08 Å². The van der Waals surface area contributed by atoms with Gasteiger partial charge in [-0.25, -0.2) is 4.79 Å². The van der Waals surface area contributed by atoms with Crippen molar-refractivity contribution >= 4 is 24.0 Å². The fraction of sp³-hybridized carbons (Fsp3) is 0.526. The highest BCUT2D eigenvalue weighted by Crippen LogP contribution is 2.19. The number of amides is 2. The second-order valence-electron chi connectivity index (χ2n) is 6.12. The van der Waals surface area contributed by atoms with Crippen molar-refractivity contribution in [3.8, 4) is 0 Å². The third kappa shape index (κ3) is 6.16. The zero-order valence-corrected chi connectivity index (χ0v) is 15.8. The maximum Gasteiger partial charge on any atom is 0.409 e. The molecule has 0 bridgehead atoms. The minimum absolute atomic E-state index is 0.0610. The van der Waals surface area contributed by atoms with Crippen molar-refractivity contribution in [2.24, 2.45) is 0 Å². The molecule has 8 nitrogen and oxygen atoms in total. The number of furan rings is 1. The van der Waals surface area contributed by atoms with Gasteiger partial charge in [0.15, 0.2) is 0 Å². The standard InChI is InChI=1S/C19H26N2O6/c1-3-26-19(24)20-11-8-15(9-12-20)21(13-10-18(23)25-2)17(22)7-6-16-5-4-14-27-16/h4-7,14-15H,3,8-13H2,1-2H3/b7-6+. The second kappa shape index (κ2) is 10.4. The molecule has 2 heterocycles. The summed E-state index contributed by atoms with van der Waals surface area (Å²) in [6, 6.07) is 3.43. The molecule has 0 radical (unpaired) electrons. The van der Waals surface area contributed by atoms with Crippen LogP contribution >= 0.6 is 0 Å². The number of ether oxygens (including phenoxy) is 2. The molecule has 1 aromatic heterocycles. The molecule has 0 saturated carbocycles. The van der Waals surface area contributed by atoms with Gasteiger partial charge in [-0.2, -0.15) is 0 Å². The Labute approximate surface area is 158 Å². The van der Waals surface area contributed by atoms with Gasteiger partial charge >= 0.3 is 12.1 Å². The number of likely N-dealkylation sites (tertiary alicyclic amines) is 1. The van der Waals surface area contributed by atoms with Gasteiger partial charge in [0.25, 0.3) is 0 Å². The number of hydrogen-bond acceptors (Lipinski definition) is 6. The molecule has 1 aliphatic heterocycles. The lowest BCUT2D eigenvalue weighted by Gasteiger charge is -2.37. The molecule has 0 aliphatic carbocycles. The molecular weight excluding hydrogens is 352 g/mol. The molecule has 2 rings (SSSR count).